The maximum Gasteiger partial charge on any atom is 0.339 e. The number of carboxylic acid groups (broad SMARTS) is 2. The van der Waals surface area contributed by atoms with Crippen molar-refractivity contribution in [1.29, 1.82) is 0 Å². The second-order valence-corrected chi connectivity index (χ2v) is 14.9. The third-order valence-corrected chi connectivity index (χ3v) is 11.4. The summed E-state index contributed by atoms with van der Waals surface area (Å²) in [7, 11) is -11.5. The molecule has 0 aliphatic heterocycles. The summed E-state index contributed by atoms with van der Waals surface area (Å²) in [5.41, 5.74) is -1.07. The number of ether oxygens (including phenoxy) is 2. The minimum Gasteiger partial charge on any atom is -0.497 e. The van der Waals surface area contributed by atoms with E-state index >= 15 is 0 Å². The molecule has 0 saturated heterocycles. The largest absolute Gasteiger partial charge is 0.497 e. The lowest BCUT2D eigenvalue weighted by atomic mass is 10.2. The van der Waals surface area contributed by atoms with E-state index in [1.54, 1.807) is 0 Å². The van der Waals surface area contributed by atoms with Gasteiger partial charge in [0.1, 0.15) is 29.5 Å². The number of nitrogens with zero attached hydrogens (tertiary/aromatic N) is 2. The van der Waals surface area contributed by atoms with Crippen LogP contribution in [0.2, 0.25) is 0 Å². The molecule has 0 aliphatic rings. The lowest BCUT2D eigenvalue weighted by Gasteiger charge is -2.27. The quantitative estimate of drug-likeness (QED) is 0.169. The lowest BCUT2D eigenvalue weighted by Crippen LogP contribution is -2.37. The molecule has 0 bridgehead atoms. The van der Waals surface area contributed by atoms with Crippen LogP contribution in [0.1, 0.15) is 0 Å². The van der Waals surface area contributed by atoms with Crippen LogP contribution in [0.4, 0.5) is 11.4 Å². The van der Waals surface area contributed by atoms with Gasteiger partial charge in [0.15, 0.2) is 5.75 Å². The van der Waals surface area contributed by atoms with Crippen molar-refractivity contribution >= 4 is 53.5 Å². The summed E-state index contributed by atoms with van der Waals surface area (Å²) in [4.78, 5) is 22.7. The molecule has 0 saturated carbocycles. The number of anilines is 2. The van der Waals surface area contributed by atoms with Gasteiger partial charge < -0.3 is 23.9 Å². The van der Waals surface area contributed by atoms with Gasteiger partial charge in [-0.2, -0.15) is 8.42 Å². The second kappa shape index (κ2) is 14.2. The standard InChI is InChI=1S/C30H28N2O13S3/c1-43-22-9-13-24(14-10-22)46(37,38)31(19-29(33)34)21-8-17-27(28(18-21)45-48(41,42)26-6-4-3-5-7-26)32(20-30(35)36)47(39,40)25-15-11-23(44-2)12-16-25/h3-18H,19-20H2,1-2H3,(H,33,34)(H,35,36). The lowest BCUT2D eigenvalue weighted by molar-refractivity contribution is -0.136. The maximum absolute atomic E-state index is 13.8. The zero-order valence-electron chi connectivity index (χ0n) is 25.2. The number of sulfonamides is 2. The van der Waals surface area contributed by atoms with Crippen LogP contribution in [-0.2, 0) is 39.8 Å². The minimum absolute atomic E-state index is 0.289. The zero-order valence-corrected chi connectivity index (χ0v) is 27.6. The summed E-state index contributed by atoms with van der Waals surface area (Å²) < 4.78 is 98.1. The molecule has 48 heavy (non-hydrogen) atoms. The first kappa shape index (κ1) is 35.5. The molecule has 18 heteroatoms. The van der Waals surface area contributed by atoms with Crippen molar-refractivity contribution in [2.45, 2.75) is 14.7 Å². The van der Waals surface area contributed by atoms with E-state index in [0.29, 0.717) is 14.4 Å². The van der Waals surface area contributed by atoms with Crippen LogP contribution in [0.25, 0.3) is 0 Å². The molecule has 0 fully saturated rings. The Hall–Kier alpha value is -5.33. The van der Waals surface area contributed by atoms with Crippen molar-refractivity contribution in [3.05, 3.63) is 97.1 Å². The molecule has 0 atom stereocenters. The van der Waals surface area contributed by atoms with E-state index in [4.69, 9.17) is 13.7 Å². The highest BCUT2D eigenvalue weighted by Crippen LogP contribution is 2.39. The maximum atomic E-state index is 13.8. The van der Waals surface area contributed by atoms with E-state index in [-0.39, 0.29) is 15.5 Å². The van der Waals surface area contributed by atoms with E-state index in [1.165, 1.54) is 68.8 Å². The van der Waals surface area contributed by atoms with E-state index in [9.17, 15) is 45.1 Å². The molecule has 0 spiro atoms. The second-order valence-electron chi connectivity index (χ2n) is 9.66. The predicted molar refractivity (Wildman–Crippen MR) is 171 cm³/mol. The van der Waals surface area contributed by atoms with Crippen molar-refractivity contribution < 1.29 is 58.7 Å². The average Bonchev–Trinajstić information content (AvgIpc) is 3.06. The molecule has 254 valence electrons. The van der Waals surface area contributed by atoms with Crippen LogP contribution in [-0.4, -0.2) is 74.7 Å². The smallest absolute Gasteiger partial charge is 0.339 e. The van der Waals surface area contributed by atoms with Gasteiger partial charge >= 0.3 is 22.1 Å². The summed E-state index contributed by atoms with van der Waals surface area (Å²) >= 11 is 0. The van der Waals surface area contributed by atoms with Gasteiger partial charge in [-0.05, 0) is 72.8 Å². The molecule has 0 amide bonds. The minimum atomic E-state index is -4.76. The number of hydrogen-bond donors (Lipinski definition) is 2. The van der Waals surface area contributed by atoms with Crippen LogP contribution in [0.3, 0.4) is 0 Å². The van der Waals surface area contributed by atoms with Crippen LogP contribution < -0.4 is 22.3 Å². The Labute approximate surface area is 276 Å². The summed E-state index contributed by atoms with van der Waals surface area (Å²) in [6, 6.07) is 19.2. The van der Waals surface area contributed by atoms with Crippen molar-refractivity contribution in [3.63, 3.8) is 0 Å². The van der Waals surface area contributed by atoms with Gasteiger partial charge in [0.05, 0.1) is 35.4 Å². The third-order valence-electron chi connectivity index (χ3n) is 6.58. The number of carbonyl (C=O) groups is 2. The Bertz CT molecular complexity index is 2120. The summed E-state index contributed by atoms with van der Waals surface area (Å²) in [6.07, 6.45) is 0. The molecule has 0 radical (unpaired) electrons. The zero-order chi connectivity index (χ0) is 35.3. The molecule has 4 aromatic rings. The Kier molecular flexibility index (Phi) is 10.5. The Morgan fingerprint density at radius 2 is 1.06 bits per heavy atom. The first-order valence-corrected chi connectivity index (χ1v) is 17.8. The number of hydrogen-bond acceptors (Lipinski definition) is 11. The van der Waals surface area contributed by atoms with Crippen LogP contribution in [0.5, 0.6) is 17.2 Å². The molecular formula is C30H28N2O13S3. The van der Waals surface area contributed by atoms with Gasteiger partial charge in [0, 0.05) is 6.07 Å². The number of rotatable bonds is 15. The molecule has 4 rings (SSSR count). The van der Waals surface area contributed by atoms with Gasteiger partial charge in [-0.1, -0.05) is 18.2 Å². The van der Waals surface area contributed by atoms with Gasteiger partial charge in [0.25, 0.3) is 20.0 Å². The summed E-state index contributed by atoms with van der Waals surface area (Å²) in [5, 5.41) is 19.3. The molecule has 0 heterocycles. The fraction of sp³-hybridized carbons (Fsp3) is 0.133. The molecule has 0 aliphatic carbocycles. The number of carboxylic acids is 2. The van der Waals surface area contributed by atoms with E-state index in [2.05, 4.69) is 0 Å². The predicted octanol–water partition coefficient (Wildman–Crippen LogP) is 3.03. The Balaban J connectivity index is 1.96. The normalized spacial score (nSPS) is 11.7. The van der Waals surface area contributed by atoms with Crippen LogP contribution in [0.15, 0.2) is 112 Å². The Morgan fingerprint density at radius 3 is 1.52 bits per heavy atom. The first-order valence-electron chi connectivity index (χ1n) is 13.5. The van der Waals surface area contributed by atoms with Gasteiger partial charge in [-0.3, -0.25) is 18.2 Å². The van der Waals surface area contributed by atoms with E-state index in [1.807, 2.05) is 0 Å². The molecule has 2 N–H and O–H groups in total. The van der Waals surface area contributed by atoms with Crippen LogP contribution in [0, 0.1) is 0 Å². The number of methoxy groups -OCH3 is 2. The first-order chi connectivity index (χ1) is 22.6. The van der Waals surface area contributed by atoms with E-state index < -0.39 is 77.2 Å². The summed E-state index contributed by atoms with van der Waals surface area (Å²) in [6.45, 7) is -2.37. The molecule has 4 aromatic carbocycles. The summed E-state index contributed by atoms with van der Waals surface area (Å²) in [5.74, 6) is -3.46. The molecular weight excluding hydrogens is 693 g/mol. The highest BCUT2D eigenvalue weighted by atomic mass is 32.2. The topological polar surface area (TPSA) is 211 Å². The Morgan fingerprint density at radius 1 is 0.604 bits per heavy atom. The van der Waals surface area contributed by atoms with Crippen molar-refractivity contribution in [2.75, 3.05) is 35.9 Å². The molecule has 15 nitrogen and oxygen atoms in total. The van der Waals surface area contributed by atoms with Gasteiger partial charge in [-0.25, -0.2) is 16.8 Å². The number of aliphatic carboxylic acids is 2. The number of benzene rings is 4. The van der Waals surface area contributed by atoms with E-state index in [0.717, 1.165) is 42.5 Å². The average molecular weight is 721 g/mol. The van der Waals surface area contributed by atoms with Gasteiger partial charge in [0.2, 0.25) is 0 Å². The van der Waals surface area contributed by atoms with Gasteiger partial charge in [-0.15, -0.1) is 0 Å². The van der Waals surface area contributed by atoms with Crippen molar-refractivity contribution in [3.8, 4) is 17.2 Å². The van der Waals surface area contributed by atoms with Crippen molar-refractivity contribution in [2.24, 2.45) is 0 Å². The third kappa shape index (κ3) is 7.79. The monoisotopic (exact) mass is 720 g/mol. The van der Waals surface area contributed by atoms with Crippen molar-refractivity contribution in [1.82, 2.24) is 0 Å². The van der Waals surface area contributed by atoms with Crippen LogP contribution >= 0.6 is 0 Å². The fourth-order valence-corrected chi connectivity index (χ4v) is 8.08. The SMILES string of the molecule is COc1ccc(S(=O)(=O)N(CC(=O)O)c2ccc(N(CC(=O)O)S(=O)(=O)c3ccc(OC)cc3)c(OS(=O)(=O)c3ccccc3)c2)cc1. The highest BCUT2D eigenvalue weighted by molar-refractivity contribution is 7.93. The molecule has 0 aromatic heterocycles. The highest BCUT2D eigenvalue weighted by Gasteiger charge is 2.34. The fourth-order valence-electron chi connectivity index (χ4n) is 4.29. The molecule has 0 unspecified atom stereocenters.